The Morgan fingerprint density at radius 1 is 0.351 bits per heavy atom. The highest BCUT2D eigenvalue weighted by Gasteiger charge is 2.47. The van der Waals surface area contributed by atoms with Gasteiger partial charge in [-0.15, -0.1) is 35.4 Å². The maximum Gasteiger partial charge on any atom is 0.200 e. The van der Waals surface area contributed by atoms with Crippen LogP contribution in [-0.4, -0.2) is 6.15 Å². The van der Waals surface area contributed by atoms with Gasteiger partial charge >= 0.3 is 0 Å². The molecular weight excluding hydrogens is 548 g/mol. The van der Waals surface area contributed by atoms with Crippen molar-refractivity contribution in [2.24, 2.45) is 0 Å². The third kappa shape index (κ3) is 3.67. The van der Waals surface area contributed by atoms with Crippen molar-refractivity contribution in [1.82, 2.24) is 0 Å². The number of hydrogen-bond donors (Lipinski definition) is 0. The van der Waals surface area contributed by atoms with Crippen molar-refractivity contribution < 1.29 is 65.9 Å². The molecule has 198 valence electrons. The van der Waals surface area contributed by atoms with E-state index in [9.17, 15) is 65.9 Å². The van der Waals surface area contributed by atoms with Crippen LogP contribution in [0.1, 0.15) is 0 Å². The Morgan fingerprint density at radius 2 is 0.514 bits per heavy atom. The fourth-order valence-electron chi connectivity index (χ4n) is 4.20. The molecule has 0 bridgehead atoms. The molecule has 37 heavy (non-hydrogen) atoms. The van der Waals surface area contributed by atoms with Crippen molar-refractivity contribution in [3.05, 3.63) is 99.9 Å². The van der Waals surface area contributed by atoms with Gasteiger partial charge in [-0.1, -0.05) is 0 Å². The summed E-state index contributed by atoms with van der Waals surface area (Å²) in [6.45, 7) is 2.88. The minimum absolute atomic E-state index is 0.189. The van der Waals surface area contributed by atoms with Crippen molar-refractivity contribution in [3.8, 4) is 0 Å². The van der Waals surface area contributed by atoms with Crippen LogP contribution in [-0.2, 0) is 0 Å². The molecule has 16 heteroatoms. The minimum Gasteiger partial charge on any atom is -0.207 e. The first-order valence-electron chi connectivity index (χ1n) is 9.43. The quantitative estimate of drug-likeness (QED) is 0.130. The summed E-state index contributed by atoms with van der Waals surface area (Å²) in [7, 11) is 0. The standard InChI is InChI=1S/C21H5BF15/c1-2-3-22(4-7(23)13(29)19(35)14(30)8(4)24,5-9(25)15(31)20(36)16(32)10(5)26)6-11(27)17(33)21(37)18(34)12(6)28/h2H,1,3H2/q-1. The van der Waals surface area contributed by atoms with E-state index in [4.69, 9.17) is 0 Å². The fourth-order valence-corrected chi connectivity index (χ4v) is 4.20. The molecule has 0 fully saturated rings. The molecule has 0 saturated heterocycles. The second-order valence-corrected chi connectivity index (χ2v) is 7.52. The van der Waals surface area contributed by atoms with Crippen LogP contribution in [0.25, 0.3) is 0 Å². The van der Waals surface area contributed by atoms with Gasteiger partial charge in [0.15, 0.2) is 52.4 Å². The number of hydrogen-bond acceptors (Lipinski definition) is 0. The molecular formula is C21H5BF15-. The summed E-state index contributed by atoms with van der Waals surface area (Å²) in [6.07, 6.45) is -7.22. The van der Waals surface area contributed by atoms with Gasteiger partial charge < -0.3 is 0 Å². The van der Waals surface area contributed by atoms with Crippen LogP contribution in [0.15, 0.2) is 12.7 Å². The van der Waals surface area contributed by atoms with Gasteiger partial charge in [0.1, 0.15) is 41.0 Å². The summed E-state index contributed by atoms with van der Waals surface area (Å²) in [4.78, 5) is 0. The second kappa shape index (κ2) is 9.37. The lowest BCUT2D eigenvalue weighted by atomic mass is 9.13. The van der Waals surface area contributed by atoms with Gasteiger partial charge in [-0.3, -0.25) is 0 Å². The van der Waals surface area contributed by atoms with Gasteiger partial charge in [-0.25, -0.2) is 65.9 Å². The van der Waals surface area contributed by atoms with Crippen molar-refractivity contribution in [2.75, 3.05) is 0 Å². The molecule has 0 saturated carbocycles. The lowest BCUT2D eigenvalue weighted by Crippen LogP contribution is -2.73. The van der Waals surface area contributed by atoms with E-state index in [1.165, 1.54) is 0 Å². The maximum absolute atomic E-state index is 14.9. The lowest BCUT2D eigenvalue weighted by Gasteiger charge is -2.43. The molecule has 3 aromatic carbocycles. The van der Waals surface area contributed by atoms with E-state index in [-0.39, 0.29) is 6.08 Å². The second-order valence-electron chi connectivity index (χ2n) is 7.52. The van der Waals surface area contributed by atoms with Crippen LogP contribution in [0.4, 0.5) is 65.9 Å². The normalized spacial score (nSPS) is 11.9. The molecule has 0 nitrogen and oxygen atoms in total. The number of halogens is 15. The van der Waals surface area contributed by atoms with Gasteiger partial charge in [0.25, 0.3) is 0 Å². The van der Waals surface area contributed by atoms with E-state index in [1.807, 2.05) is 0 Å². The Labute approximate surface area is 195 Å². The van der Waals surface area contributed by atoms with Crippen LogP contribution >= 0.6 is 0 Å². The van der Waals surface area contributed by atoms with Crippen LogP contribution in [0, 0.1) is 87.3 Å². The van der Waals surface area contributed by atoms with Crippen molar-refractivity contribution >= 4 is 22.5 Å². The van der Waals surface area contributed by atoms with Gasteiger partial charge in [-0.2, -0.15) is 0 Å². The maximum atomic E-state index is 14.9. The summed E-state index contributed by atoms with van der Waals surface area (Å²) in [6, 6.07) is 0. The summed E-state index contributed by atoms with van der Waals surface area (Å²) >= 11 is 0. The first-order chi connectivity index (χ1) is 17.1. The zero-order valence-corrected chi connectivity index (χ0v) is 17.2. The van der Waals surface area contributed by atoms with Crippen LogP contribution < -0.4 is 16.4 Å². The lowest BCUT2D eigenvalue weighted by molar-refractivity contribution is 0.379. The van der Waals surface area contributed by atoms with Crippen LogP contribution in [0.2, 0.25) is 6.32 Å². The topological polar surface area (TPSA) is 0 Å². The van der Waals surface area contributed by atoms with Gasteiger partial charge in [0.05, 0.1) is 0 Å². The molecule has 0 aliphatic rings. The molecule has 0 heterocycles. The number of rotatable bonds is 5. The molecule has 0 N–H and O–H groups in total. The Balaban J connectivity index is 2.88. The molecule has 0 aliphatic carbocycles. The van der Waals surface area contributed by atoms with E-state index >= 15 is 0 Å². The zero-order chi connectivity index (χ0) is 28.3. The predicted molar refractivity (Wildman–Crippen MR) is 98.4 cm³/mol. The van der Waals surface area contributed by atoms with Gasteiger partial charge in [0, 0.05) is 0 Å². The first kappa shape index (κ1) is 28.0. The average molecular weight is 553 g/mol. The first-order valence-corrected chi connectivity index (χ1v) is 9.43. The zero-order valence-electron chi connectivity index (χ0n) is 17.2. The van der Waals surface area contributed by atoms with E-state index in [0.717, 1.165) is 0 Å². The monoisotopic (exact) mass is 553 g/mol. The molecule has 0 aromatic heterocycles. The molecule has 0 radical (unpaired) electrons. The molecule has 0 unspecified atom stereocenters. The molecule has 3 aromatic rings. The highest BCUT2D eigenvalue weighted by molar-refractivity contribution is 7.12. The largest absolute Gasteiger partial charge is 0.207 e. The van der Waals surface area contributed by atoms with E-state index in [2.05, 4.69) is 6.58 Å². The van der Waals surface area contributed by atoms with E-state index < -0.39 is 116 Å². The number of benzene rings is 3. The molecule has 3 rings (SSSR count). The third-order valence-corrected chi connectivity index (χ3v) is 5.73. The van der Waals surface area contributed by atoms with Crippen molar-refractivity contribution in [3.63, 3.8) is 0 Å². The average Bonchev–Trinajstić information content (AvgIpc) is 2.86. The van der Waals surface area contributed by atoms with Crippen molar-refractivity contribution in [2.45, 2.75) is 6.32 Å². The fraction of sp³-hybridized carbons (Fsp3) is 0.0476. The summed E-state index contributed by atoms with van der Waals surface area (Å²) < 4.78 is 215. The van der Waals surface area contributed by atoms with Crippen LogP contribution in [0.3, 0.4) is 0 Å². The molecule has 0 aliphatic heterocycles. The Morgan fingerprint density at radius 3 is 0.676 bits per heavy atom. The van der Waals surface area contributed by atoms with Gasteiger partial charge in [-0.05, 0) is 0 Å². The van der Waals surface area contributed by atoms with Gasteiger partial charge in [0.2, 0.25) is 0 Å². The third-order valence-electron chi connectivity index (χ3n) is 5.73. The summed E-state index contributed by atoms with van der Waals surface area (Å²) in [5.74, 6) is -45.3. The highest BCUT2D eigenvalue weighted by atomic mass is 19.2. The number of allylic oxidation sites excluding steroid dienone is 1. The van der Waals surface area contributed by atoms with E-state index in [0.29, 0.717) is 0 Å². The SMILES string of the molecule is C=CC[B-](c1c(F)c(F)c(F)c(F)c1F)(c1c(F)c(F)c(F)c(F)c1F)c1c(F)c(F)c(F)c(F)c1F. The Kier molecular flexibility index (Phi) is 7.09. The van der Waals surface area contributed by atoms with Crippen molar-refractivity contribution in [1.29, 1.82) is 0 Å². The molecule has 0 atom stereocenters. The summed E-state index contributed by atoms with van der Waals surface area (Å²) in [5, 5.41) is 0. The van der Waals surface area contributed by atoms with E-state index in [1.54, 1.807) is 0 Å². The molecule has 0 amide bonds. The smallest absolute Gasteiger partial charge is 0.200 e. The Hall–Kier alpha value is -3.59. The summed E-state index contributed by atoms with van der Waals surface area (Å²) in [5.41, 5.74) is -7.95. The highest BCUT2D eigenvalue weighted by Crippen LogP contribution is 2.29. The minimum atomic E-state index is -5.52. The van der Waals surface area contributed by atoms with Crippen LogP contribution in [0.5, 0.6) is 0 Å². The molecule has 0 spiro atoms. The predicted octanol–water partition coefficient (Wildman–Crippen LogP) is 5.43. The Bertz CT molecular complexity index is 1230.